The number of likely N-dealkylation sites (tertiary alicyclic amines) is 1. The molecule has 2 aromatic rings. The average molecular weight is 394 g/mol. The highest BCUT2D eigenvalue weighted by molar-refractivity contribution is 8.00. The molecule has 142 valence electrons. The minimum atomic E-state index is -4.39. The largest absolute Gasteiger partial charge is 0.416 e. The molecule has 2 aromatic carbocycles. The second-order valence-corrected chi connectivity index (χ2v) is 7.40. The van der Waals surface area contributed by atoms with Gasteiger partial charge in [0, 0.05) is 4.90 Å². The molecule has 1 saturated heterocycles. The highest BCUT2D eigenvalue weighted by Gasteiger charge is 2.42. The van der Waals surface area contributed by atoms with Crippen LogP contribution in [0.5, 0.6) is 0 Å². The van der Waals surface area contributed by atoms with Crippen molar-refractivity contribution in [1.82, 2.24) is 10.2 Å². The number of β-lactam (4-membered cyclic amide) rings is 1. The maximum absolute atomic E-state index is 12.6. The van der Waals surface area contributed by atoms with E-state index >= 15 is 0 Å². The van der Waals surface area contributed by atoms with Crippen molar-refractivity contribution in [3.63, 3.8) is 0 Å². The van der Waals surface area contributed by atoms with E-state index in [2.05, 4.69) is 5.32 Å². The fraction of sp³-hybridized carbons (Fsp3) is 0.263. The Morgan fingerprint density at radius 1 is 1.15 bits per heavy atom. The topological polar surface area (TPSA) is 49.4 Å². The molecule has 1 aliphatic rings. The van der Waals surface area contributed by atoms with Crippen LogP contribution in [0, 0.1) is 0 Å². The van der Waals surface area contributed by atoms with Gasteiger partial charge in [-0.3, -0.25) is 9.69 Å². The van der Waals surface area contributed by atoms with Crippen molar-refractivity contribution >= 4 is 23.7 Å². The van der Waals surface area contributed by atoms with Crippen molar-refractivity contribution in [3.05, 3.63) is 65.7 Å². The average Bonchev–Trinajstić information content (AvgIpc) is 2.61. The van der Waals surface area contributed by atoms with Gasteiger partial charge in [-0.05, 0) is 36.8 Å². The summed E-state index contributed by atoms with van der Waals surface area (Å²) in [7, 11) is 0. The van der Waals surface area contributed by atoms with Gasteiger partial charge in [0.15, 0.2) is 0 Å². The number of alkyl halides is 3. The molecule has 1 aliphatic heterocycles. The number of urea groups is 1. The summed E-state index contributed by atoms with van der Waals surface area (Å²) >= 11 is 1.19. The highest BCUT2D eigenvalue weighted by Crippen LogP contribution is 2.37. The summed E-state index contributed by atoms with van der Waals surface area (Å²) < 4.78 is 37.9. The standard InChI is InChI=1S/C19H17F3N2O2S/c1-12(13-5-3-2-4-6-13)23-18(26)24-16(25)11-17(24)27-15-9-7-14(8-10-15)19(20,21)22/h2-10,12,17H,11H2,1H3,(H,23,26)/t12-,17+/m1/s1. The monoisotopic (exact) mass is 394 g/mol. The zero-order valence-electron chi connectivity index (χ0n) is 14.4. The number of carbonyl (C=O) groups is 2. The van der Waals surface area contributed by atoms with E-state index in [9.17, 15) is 22.8 Å². The number of halogens is 3. The van der Waals surface area contributed by atoms with Crippen LogP contribution < -0.4 is 5.32 Å². The number of thioether (sulfide) groups is 1. The van der Waals surface area contributed by atoms with E-state index in [0.717, 1.165) is 22.6 Å². The molecule has 3 amide bonds. The Bertz CT molecular complexity index is 825. The molecule has 0 spiro atoms. The molecule has 8 heteroatoms. The van der Waals surface area contributed by atoms with Gasteiger partial charge in [-0.25, -0.2) is 4.79 Å². The minimum Gasteiger partial charge on any atom is -0.331 e. The number of hydrogen-bond donors (Lipinski definition) is 1. The van der Waals surface area contributed by atoms with Crippen LogP contribution in [0.2, 0.25) is 0 Å². The van der Waals surface area contributed by atoms with Crippen LogP contribution in [0.15, 0.2) is 59.5 Å². The Kier molecular flexibility index (Phi) is 5.46. The Labute approximate surface area is 158 Å². The summed E-state index contributed by atoms with van der Waals surface area (Å²) in [5.74, 6) is -0.308. The van der Waals surface area contributed by atoms with Crippen molar-refractivity contribution < 1.29 is 22.8 Å². The maximum atomic E-state index is 12.6. The van der Waals surface area contributed by atoms with Gasteiger partial charge >= 0.3 is 12.2 Å². The third-order valence-electron chi connectivity index (χ3n) is 4.22. The maximum Gasteiger partial charge on any atom is 0.416 e. The molecule has 1 heterocycles. The van der Waals surface area contributed by atoms with Crippen LogP contribution >= 0.6 is 11.8 Å². The summed E-state index contributed by atoms with van der Waals surface area (Å²) in [6.07, 6.45) is -4.23. The number of rotatable bonds is 4. The number of benzene rings is 2. The molecule has 3 rings (SSSR count). The lowest BCUT2D eigenvalue weighted by Crippen LogP contribution is -2.57. The third-order valence-corrected chi connectivity index (χ3v) is 5.41. The first-order valence-electron chi connectivity index (χ1n) is 8.27. The van der Waals surface area contributed by atoms with E-state index in [-0.39, 0.29) is 18.4 Å². The van der Waals surface area contributed by atoms with E-state index in [1.54, 1.807) is 0 Å². The van der Waals surface area contributed by atoms with Gasteiger partial charge in [-0.1, -0.05) is 42.1 Å². The third kappa shape index (κ3) is 4.44. The predicted octanol–water partition coefficient (Wildman–Crippen LogP) is 4.83. The van der Waals surface area contributed by atoms with Gasteiger partial charge in [0.25, 0.3) is 0 Å². The van der Waals surface area contributed by atoms with Gasteiger partial charge in [0.05, 0.1) is 18.0 Å². The van der Waals surface area contributed by atoms with Crippen LogP contribution in [0.3, 0.4) is 0 Å². The van der Waals surface area contributed by atoms with Crippen molar-refractivity contribution in [3.8, 4) is 0 Å². The van der Waals surface area contributed by atoms with Crippen LogP contribution in [0.4, 0.5) is 18.0 Å². The lowest BCUT2D eigenvalue weighted by Gasteiger charge is -2.38. The normalized spacial score (nSPS) is 18.0. The van der Waals surface area contributed by atoms with Crippen molar-refractivity contribution in [1.29, 1.82) is 0 Å². The molecular weight excluding hydrogens is 377 g/mol. The van der Waals surface area contributed by atoms with Crippen molar-refractivity contribution in [2.75, 3.05) is 0 Å². The molecule has 0 radical (unpaired) electrons. The summed E-state index contributed by atoms with van der Waals surface area (Å²) in [5, 5.41) is 2.34. The number of imide groups is 1. The molecular formula is C19H17F3N2O2S. The second-order valence-electron chi connectivity index (χ2n) is 6.14. The molecule has 0 unspecified atom stereocenters. The Hall–Kier alpha value is -2.48. The lowest BCUT2D eigenvalue weighted by molar-refractivity contribution is -0.138. The minimum absolute atomic E-state index is 0.166. The van der Waals surface area contributed by atoms with Gasteiger partial charge in [0.1, 0.15) is 5.37 Å². The molecule has 1 fully saturated rings. The molecule has 4 nitrogen and oxygen atoms in total. The second kappa shape index (κ2) is 7.64. The zero-order chi connectivity index (χ0) is 19.6. The molecule has 0 bridgehead atoms. The Morgan fingerprint density at radius 3 is 2.33 bits per heavy atom. The van der Waals surface area contributed by atoms with Crippen LogP contribution in [0.25, 0.3) is 0 Å². The van der Waals surface area contributed by atoms with E-state index < -0.39 is 23.1 Å². The summed E-state index contributed by atoms with van der Waals surface area (Å²) in [6, 6.07) is 13.2. The van der Waals surface area contributed by atoms with E-state index in [1.807, 2.05) is 37.3 Å². The van der Waals surface area contributed by atoms with Crippen LogP contribution in [0.1, 0.15) is 30.5 Å². The van der Waals surface area contributed by atoms with E-state index in [4.69, 9.17) is 0 Å². The molecule has 0 saturated carbocycles. The Balaban J connectivity index is 1.62. The summed E-state index contributed by atoms with van der Waals surface area (Å²) in [5.41, 5.74) is 0.175. The van der Waals surface area contributed by atoms with Gasteiger partial charge in [-0.15, -0.1) is 0 Å². The predicted molar refractivity (Wildman–Crippen MR) is 95.9 cm³/mol. The van der Waals surface area contributed by atoms with Gasteiger partial charge in [0.2, 0.25) is 5.91 Å². The van der Waals surface area contributed by atoms with Crippen molar-refractivity contribution in [2.24, 2.45) is 0 Å². The first kappa shape index (κ1) is 19.3. The first-order valence-corrected chi connectivity index (χ1v) is 9.15. The number of hydrogen-bond acceptors (Lipinski definition) is 3. The number of nitrogens with one attached hydrogen (secondary N) is 1. The fourth-order valence-electron chi connectivity index (χ4n) is 2.68. The van der Waals surface area contributed by atoms with Crippen LogP contribution in [-0.2, 0) is 11.0 Å². The number of nitrogens with zero attached hydrogens (tertiary/aromatic N) is 1. The van der Waals surface area contributed by atoms with E-state index in [1.165, 1.54) is 23.9 Å². The van der Waals surface area contributed by atoms with Crippen LogP contribution in [-0.4, -0.2) is 22.2 Å². The lowest BCUT2D eigenvalue weighted by atomic mass is 10.1. The van der Waals surface area contributed by atoms with Crippen molar-refractivity contribution in [2.45, 2.75) is 35.8 Å². The molecule has 1 N–H and O–H groups in total. The Morgan fingerprint density at radius 2 is 1.78 bits per heavy atom. The summed E-state index contributed by atoms with van der Waals surface area (Å²) in [6.45, 7) is 1.81. The number of carbonyl (C=O) groups excluding carboxylic acids is 2. The number of amides is 3. The highest BCUT2D eigenvalue weighted by atomic mass is 32.2. The first-order chi connectivity index (χ1) is 12.8. The zero-order valence-corrected chi connectivity index (χ0v) is 15.2. The molecule has 27 heavy (non-hydrogen) atoms. The quantitative estimate of drug-likeness (QED) is 0.756. The summed E-state index contributed by atoms with van der Waals surface area (Å²) in [4.78, 5) is 26.0. The fourth-order valence-corrected chi connectivity index (χ4v) is 3.84. The van der Waals surface area contributed by atoms with Gasteiger partial charge < -0.3 is 5.32 Å². The molecule has 0 aliphatic carbocycles. The molecule has 0 aromatic heterocycles. The molecule has 2 atom stereocenters. The van der Waals surface area contributed by atoms with E-state index in [0.29, 0.717) is 4.90 Å². The SMILES string of the molecule is C[C@@H](NC(=O)N1C(=O)C[C@@H]1Sc1ccc(C(F)(F)F)cc1)c1ccccc1. The smallest absolute Gasteiger partial charge is 0.331 e. The van der Waals surface area contributed by atoms with Gasteiger partial charge in [-0.2, -0.15) is 13.2 Å².